The molecule has 1 amide bonds. The molecular weight excluding hydrogens is 328 g/mol. The van der Waals surface area contributed by atoms with Crippen molar-refractivity contribution in [3.05, 3.63) is 65.7 Å². The monoisotopic (exact) mass is 356 g/mol. The lowest BCUT2D eigenvalue weighted by atomic mass is 10.2. The number of likely N-dealkylation sites (N-methyl/N-ethyl adjacent to an activating group) is 1. The summed E-state index contributed by atoms with van der Waals surface area (Å²) in [5, 5.41) is 0. The zero-order chi connectivity index (χ0) is 18.1. The summed E-state index contributed by atoms with van der Waals surface area (Å²) in [7, 11) is 4.08. The summed E-state index contributed by atoms with van der Waals surface area (Å²) in [5.74, 6) is 1.04. The van der Waals surface area contributed by atoms with Crippen LogP contribution in [-0.2, 0) is 11.3 Å². The van der Waals surface area contributed by atoms with Crippen LogP contribution >= 0.6 is 11.8 Å². The number of rotatable bonds is 9. The van der Waals surface area contributed by atoms with E-state index in [0.717, 1.165) is 18.8 Å². The minimum atomic E-state index is 0.227. The number of hydrogen-bond acceptors (Lipinski definition) is 3. The molecule has 0 aliphatic rings. The Hall–Kier alpha value is -1.78. The minimum Gasteiger partial charge on any atom is -0.337 e. The van der Waals surface area contributed by atoms with Crippen LogP contribution in [0.2, 0.25) is 0 Å². The van der Waals surface area contributed by atoms with E-state index >= 15 is 0 Å². The van der Waals surface area contributed by atoms with E-state index in [-0.39, 0.29) is 5.91 Å². The van der Waals surface area contributed by atoms with Crippen LogP contribution in [0.25, 0.3) is 0 Å². The molecule has 0 bridgehead atoms. The molecule has 0 saturated heterocycles. The first-order valence-corrected chi connectivity index (χ1v) is 9.69. The number of benzene rings is 2. The maximum Gasteiger partial charge on any atom is 0.223 e. The van der Waals surface area contributed by atoms with Crippen LogP contribution in [0.15, 0.2) is 59.5 Å². The van der Waals surface area contributed by atoms with Gasteiger partial charge in [0.05, 0.1) is 0 Å². The van der Waals surface area contributed by atoms with Crippen LogP contribution in [-0.4, -0.2) is 48.6 Å². The summed E-state index contributed by atoms with van der Waals surface area (Å²) < 4.78 is 0. The molecule has 3 nitrogen and oxygen atoms in total. The highest BCUT2D eigenvalue weighted by Gasteiger charge is 2.14. The molecule has 0 aliphatic heterocycles. The SMILES string of the molecule is Cc1ccc(SCCC(=O)N(CCN(C)C)Cc2ccccc2)cc1. The third-order valence-corrected chi connectivity index (χ3v) is 5.01. The van der Waals surface area contributed by atoms with E-state index in [1.54, 1.807) is 11.8 Å². The Bertz CT molecular complexity index is 641. The van der Waals surface area contributed by atoms with Crippen molar-refractivity contribution < 1.29 is 4.79 Å². The molecule has 0 aliphatic carbocycles. The van der Waals surface area contributed by atoms with Gasteiger partial charge in [-0.2, -0.15) is 0 Å². The summed E-state index contributed by atoms with van der Waals surface area (Å²) in [5.41, 5.74) is 2.44. The third kappa shape index (κ3) is 7.32. The van der Waals surface area contributed by atoms with Crippen LogP contribution in [0.3, 0.4) is 0 Å². The Labute approximate surface area is 156 Å². The Morgan fingerprint density at radius 2 is 1.64 bits per heavy atom. The Kier molecular flexibility index (Phi) is 8.02. The Morgan fingerprint density at radius 1 is 0.960 bits per heavy atom. The summed E-state index contributed by atoms with van der Waals surface area (Å²) in [6, 6.07) is 18.7. The standard InChI is InChI=1S/C21H28N2OS/c1-18-9-11-20(12-10-18)25-16-13-21(24)23(15-14-22(2)3)17-19-7-5-4-6-8-19/h4-12H,13-17H2,1-3H3. The molecule has 4 heteroatoms. The zero-order valence-corrected chi connectivity index (χ0v) is 16.3. The molecule has 0 atom stereocenters. The molecule has 2 aromatic rings. The maximum atomic E-state index is 12.7. The van der Waals surface area contributed by atoms with E-state index in [2.05, 4.69) is 48.2 Å². The lowest BCUT2D eigenvalue weighted by Crippen LogP contribution is -2.36. The van der Waals surface area contributed by atoms with Gasteiger partial charge in [-0.15, -0.1) is 11.8 Å². The first-order valence-electron chi connectivity index (χ1n) is 8.70. The van der Waals surface area contributed by atoms with Crippen LogP contribution < -0.4 is 0 Å². The van der Waals surface area contributed by atoms with Gasteiger partial charge < -0.3 is 9.80 Å². The number of carbonyl (C=O) groups is 1. The predicted molar refractivity (Wildman–Crippen MR) is 107 cm³/mol. The smallest absolute Gasteiger partial charge is 0.223 e. The van der Waals surface area contributed by atoms with Gasteiger partial charge in [-0.25, -0.2) is 0 Å². The minimum absolute atomic E-state index is 0.227. The fraction of sp³-hybridized carbons (Fsp3) is 0.381. The number of carbonyl (C=O) groups excluding carboxylic acids is 1. The first kappa shape index (κ1) is 19.5. The fourth-order valence-corrected chi connectivity index (χ4v) is 3.31. The molecular formula is C21H28N2OS. The van der Waals surface area contributed by atoms with Crippen molar-refractivity contribution in [2.45, 2.75) is 24.8 Å². The van der Waals surface area contributed by atoms with Crippen molar-refractivity contribution in [1.29, 1.82) is 0 Å². The first-order chi connectivity index (χ1) is 12.0. The average molecular weight is 357 g/mol. The molecule has 0 heterocycles. The van der Waals surface area contributed by atoms with Gasteiger partial charge in [0, 0.05) is 36.7 Å². The third-order valence-electron chi connectivity index (χ3n) is 3.99. The van der Waals surface area contributed by atoms with Gasteiger partial charge in [-0.1, -0.05) is 48.0 Å². The second kappa shape index (κ2) is 10.3. The van der Waals surface area contributed by atoms with Crippen LogP contribution in [0.1, 0.15) is 17.5 Å². The molecule has 0 radical (unpaired) electrons. The van der Waals surface area contributed by atoms with Gasteiger partial charge in [-0.3, -0.25) is 4.79 Å². The Balaban J connectivity index is 1.88. The molecule has 25 heavy (non-hydrogen) atoms. The number of hydrogen-bond donors (Lipinski definition) is 0. The zero-order valence-electron chi connectivity index (χ0n) is 15.4. The molecule has 2 rings (SSSR count). The molecule has 2 aromatic carbocycles. The lowest BCUT2D eigenvalue weighted by Gasteiger charge is -2.24. The highest BCUT2D eigenvalue weighted by Crippen LogP contribution is 2.19. The van der Waals surface area contributed by atoms with E-state index in [0.29, 0.717) is 13.0 Å². The molecule has 0 saturated carbocycles. The molecule has 0 N–H and O–H groups in total. The summed E-state index contributed by atoms with van der Waals surface area (Å²) in [6.07, 6.45) is 0.568. The van der Waals surface area contributed by atoms with E-state index in [4.69, 9.17) is 0 Å². The van der Waals surface area contributed by atoms with E-state index < -0.39 is 0 Å². The number of nitrogens with zero attached hydrogens (tertiary/aromatic N) is 2. The molecule has 0 spiro atoms. The van der Waals surface area contributed by atoms with Crippen molar-refractivity contribution in [3.63, 3.8) is 0 Å². The highest BCUT2D eigenvalue weighted by molar-refractivity contribution is 7.99. The topological polar surface area (TPSA) is 23.6 Å². The van der Waals surface area contributed by atoms with Crippen molar-refractivity contribution in [2.24, 2.45) is 0 Å². The highest BCUT2D eigenvalue weighted by atomic mass is 32.2. The van der Waals surface area contributed by atoms with Gasteiger partial charge in [-0.05, 0) is 38.7 Å². The van der Waals surface area contributed by atoms with Gasteiger partial charge >= 0.3 is 0 Å². The van der Waals surface area contributed by atoms with Crippen LogP contribution in [0.4, 0.5) is 0 Å². The van der Waals surface area contributed by atoms with Crippen LogP contribution in [0.5, 0.6) is 0 Å². The van der Waals surface area contributed by atoms with Crippen molar-refractivity contribution in [3.8, 4) is 0 Å². The molecule has 0 unspecified atom stereocenters. The van der Waals surface area contributed by atoms with Crippen molar-refractivity contribution >= 4 is 17.7 Å². The second-order valence-corrected chi connectivity index (χ2v) is 7.68. The summed E-state index contributed by atoms with van der Waals surface area (Å²) in [6.45, 7) is 4.41. The van der Waals surface area contributed by atoms with E-state index in [1.807, 2.05) is 37.2 Å². The molecule has 0 aromatic heterocycles. The maximum absolute atomic E-state index is 12.7. The number of aryl methyl sites for hydroxylation is 1. The van der Waals surface area contributed by atoms with Gasteiger partial charge in [0.25, 0.3) is 0 Å². The predicted octanol–water partition coefficient (Wildman–Crippen LogP) is 4.07. The lowest BCUT2D eigenvalue weighted by molar-refractivity contribution is -0.131. The number of amides is 1. The fourth-order valence-electron chi connectivity index (χ4n) is 2.47. The normalized spacial score (nSPS) is 10.9. The Morgan fingerprint density at radius 3 is 2.28 bits per heavy atom. The average Bonchev–Trinajstić information content (AvgIpc) is 2.61. The molecule has 134 valence electrons. The van der Waals surface area contributed by atoms with E-state index in [1.165, 1.54) is 16.0 Å². The quantitative estimate of drug-likeness (QED) is 0.633. The largest absolute Gasteiger partial charge is 0.337 e. The van der Waals surface area contributed by atoms with Crippen LogP contribution in [0, 0.1) is 6.92 Å². The van der Waals surface area contributed by atoms with Gasteiger partial charge in [0.15, 0.2) is 0 Å². The van der Waals surface area contributed by atoms with Gasteiger partial charge in [0.2, 0.25) is 5.91 Å². The van der Waals surface area contributed by atoms with Gasteiger partial charge in [0.1, 0.15) is 0 Å². The molecule has 0 fully saturated rings. The summed E-state index contributed by atoms with van der Waals surface area (Å²) in [4.78, 5) is 18.0. The van der Waals surface area contributed by atoms with E-state index in [9.17, 15) is 4.79 Å². The van der Waals surface area contributed by atoms with Crippen molar-refractivity contribution in [2.75, 3.05) is 32.9 Å². The van der Waals surface area contributed by atoms with Crippen molar-refractivity contribution in [1.82, 2.24) is 9.80 Å². The second-order valence-electron chi connectivity index (χ2n) is 6.52. The number of thioether (sulfide) groups is 1. The summed E-state index contributed by atoms with van der Waals surface area (Å²) >= 11 is 1.75.